The van der Waals surface area contributed by atoms with Crippen LogP contribution in [0.2, 0.25) is 0 Å². The van der Waals surface area contributed by atoms with Crippen LogP contribution in [0.1, 0.15) is 18.9 Å². The Morgan fingerprint density at radius 2 is 1.23 bits per heavy atom. The predicted octanol–water partition coefficient (Wildman–Crippen LogP) is -1.59. The number of aliphatic hydroxyl groups is 8. The number of aromatic hydroxyl groups is 5. The van der Waals surface area contributed by atoms with E-state index in [1.54, 1.807) is 0 Å². The van der Waals surface area contributed by atoms with Gasteiger partial charge in [-0.05, 0) is 30.7 Å². The zero-order valence-corrected chi connectivity index (χ0v) is 36.8. The van der Waals surface area contributed by atoms with E-state index in [-0.39, 0.29) is 22.3 Å². The van der Waals surface area contributed by atoms with Crippen LogP contribution < -0.4 is 9.47 Å². The molecule has 0 aliphatic carbocycles. The van der Waals surface area contributed by atoms with E-state index in [1.165, 1.54) is 37.3 Å². The quantitative estimate of drug-likeness (QED) is 0.0210. The smallest absolute Gasteiger partial charge is 0.402 e. The predicted molar refractivity (Wildman–Crippen MR) is 230 cm³/mol. The number of carboxylic acids is 1. The van der Waals surface area contributed by atoms with Crippen LogP contribution in [0.4, 0.5) is 0 Å². The molecule has 15 atom stereocenters. The van der Waals surface area contributed by atoms with Crippen molar-refractivity contribution in [3.05, 3.63) is 66.2 Å². The first-order chi connectivity index (χ1) is 33.6. The van der Waals surface area contributed by atoms with Crippen molar-refractivity contribution in [1.82, 2.24) is 0 Å². The molecule has 26 heteroatoms. The van der Waals surface area contributed by atoms with Crippen molar-refractivity contribution in [2.75, 3.05) is 13.2 Å². The first-order valence-electron chi connectivity index (χ1n) is 21.4. The van der Waals surface area contributed by atoms with Gasteiger partial charge in [-0.15, -0.1) is 0 Å². The topological polar surface area (TPSA) is 420 Å². The third-order valence-electron chi connectivity index (χ3n) is 11.4. The van der Waals surface area contributed by atoms with E-state index >= 15 is 0 Å². The van der Waals surface area contributed by atoms with Crippen LogP contribution in [0, 0.1) is 0 Å². The maximum absolute atomic E-state index is 12.6. The van der Waals surface area contributed by atoms with Gasteiger partial charge in [0.2, 0.25) is 18.3 Å². The molecule has 3 fully saturated rings. The summed E-state index contributed by atoms with van der Waals surface area (Å²) in [5, 5.41) is 147. The van der Waals surface area contributed by atoms with Crippen molar-refractivity contribution in [1.29, 1.82) is 0 Å². The van der Waals surface area contributed by atoms with Gasteiger partial charge in [0.15, 0.2) is 23.5 Å². The first-order valence-corrected chi connectivity index (χ1v) is 21.4. The number of hydrogen-bond donors (Lipinski definition) is 14. The Labute approximate surface area is 399 Å². The Morgan fingerprint density at radius 3 is 1.89 bits per heavy atom. The lowest BCUT2D eigenvalue weighted by Gasteiger charge is -2.45. The Hall–Kier alpha value is -6.66. The molecule has 0 spiro atoms. The SMILES string of the molecule is CC1O[C@@H](O[C@@H]2C(COC(=O)CC(=O)O)O[C@@H](Oc3cc(O)cc4[o+]c(-c5cc(O)c(O)c(O)c5)c(O[C@@H]5OC(COC(=O)/C=C/c6ccc(O)cc6)[C@@H](O)[C@H](O)C5O)cc34)C(O)[C@H]2O)[C@@H](O)C(O)[C@H]1O. The molecular weight excluding hydrogens is 956 g/mol. The van der Waals surface area contributed by atoms with Crippen molar-refractivity contribution in [3.8, 4) is 51.6 Å². The number of carbonyl (C=O) groups excluding carboxylic acids is 2. The molecule has 4 heterocycles. The van der Waals surface area contributed by atoms with Crippen LogP contribution in [0.5, 0.6) is 40.2 Å². The van der Waals surface area contributed by atoms with Gasteiger partial charge in [-0.3, -0.25) is 9.59 Å². The lowest BCUT2D eigenvalue weighted by molar-refractivity contribution is -0.349. The molecule has 71 heavy (non-hydrogen) atoms. The summed E-state index contributed by atoms with van der Waals surface area (Å²) in [7, 11) is 0. The molecule has 0 amide bonds. The molecular formula is C45H49O26+. The number of aliphatic hydroxyl groups excluding tert-OH is 8. The number of phenolic OH excluding ortho intramolecular Hbond substituents is 5. The third kappa shape index (κ3) is 11.8. The average molecular weight is 1010 g/mol. The van der Waals surface area contributed by atoms with Crippen LogP contribution in [-0.2, 0) is 42.8 Å². The van der Waals surface area contributed by atoms with Crippen LogP contribution in [-0.4, -0.2) is 195 Å². The average Bonchev–Trinajstić information content (AvgIpc) is 3.32. The Bertz CT molecular complexity index is 2560. The lowest BCUT2D eigenvalue weighted by Crippen LogP contribution is -2.64. The number of benzene rings is 3. The zero-order valence-electron chi connectivity index (χ0n) is 36.8. The fourth-order valence-corrected chi connectivity index (χ4v) is 7.59. The number of ether oxygens (including phenoxy) is 8. The minimum absolute atomic E-state index is 0.0116. The molecule has 3 aliphatic rings. The highest BCUT2D eigenvalue weighted by Gasteiger charge is 2.52. The van der Waals surface area contributed by atoms with Crippen molar-refractivity contribution in [2.45, 2.75) is 105 Å². The van der Waals surface area contributed by atoms with Crippen molar-refractivity contribution in [2.24, 2.45) is 0 Å². The summed E-state index contributed by atoms with van der Waals surface area (Å²) in [6, 6.07) is 10.7. The number of carbonyl (C=O) groups is 3. The molecule has 3 saturated heterocycles. The van der Waals surface area contributed by atoms with Crippen molar-refractivity contribution < 1.29 is 128 Å². The minimum Gasteiger partial charge on any atom is -0.508 e. The second-order valence-corrected chi connectivity index (χ2v) is 16.5. The fraction of sp³-hybridized carbons (Fsp3) is 0.422. The Kier molecular flexibility index (Phi) is 16.0. The summed E-state index contributed by atoms with van der Waals surface area (Å²) in [4.78, 5) is 36.1. The molecule has 26 nitrogen and oxygen atoms in total. The highest BCUT2D eigenvalue weighted by molar-refractivity contribution is 5.90. The number of phenols is 5. The second kappa shape index (κ2) is 21.8. The molecule has 7 rings (SSSR count). The molecule has 1 aromatic heterocycles. The number of aliphatic carboxylic acids is 1. The third-order valence-corrected chi connectivity index (χ3v) is 11.4. The molecule has 384 valence electrons. The van der Waals surface area contributed by atoms with Crippen LogP contribution in [0.15, 0.2) is 65.1 Å². The largest absolute Gasteiger partial charge is 0.508 e. The van der Waals surface area contributed by atoms with E-state index < -0.39 is 170 Å². The van der Waals surface area contributed by atoms with Crippen molar-refractivity contribution >= 4 is 35.0 Å². The van der Waals surface area contributed by atoms with Crippen molar-refractivity contribution in [3.63, 3.8) is 0 Å². The fourth-order valence-electron chi connectivity index (χ4n) is 7.59. The summed E-state index contributed by atoms with van der Waals surface area (Å²) in [6.07, 6.45) is -26.2. The summed E-state index contributed by atoms with van der Waals surface area (Å²) in [6.45, 7) is -0.280. The van der Waals surface area contributed by atoms with E-state index in [0.29, 0.717) is 5.56 Å². The van der Waals surface area contributed by atoms with Gasteiger partial charge in [-0.25, -0.2) is 9.21 Å². The molecule has 0 saturated carbocycles. The minimum atomic E-state index is -2.14. The molecule has 3 aliphatic heterocycles. The number of hydrogen-bond acceptors (Lipinski definition) is 24. The Morgan fingerprint density at radius 1 is 0.634 bits per heavy atom. The first kappa shape index (κ1) is 52.2. The van der Waals surface area contributed by atoms with Gasteiger partial charge in [0.1, 0.15) is 109 Å². The van der Waals surface area contributed by atoms with Gasteiger partial charge in [-0.1, -0.05) is 12.1 Å². The molecule has 0 bridgehead atoms. The number of carboxylic acid groups (broad SMARTS) is 1. The molecule has 6 unspecified atom stereocenters. The molecule has 3 aromatic carbocycles. The van der Waals surface area contributed by atoms with Gasteiger partial charge < -0.3 is 109 Å². The van der Waals surface area contributed by atoms with Crippen LogP contribution in [0.25, 0.3) is 28.4 Å². The summed E-state index contributed by atoms with van der Waals surface area (Å²) < 4.78 is 51.2. The monoisotopic (exact) mass is 1010 g/mol. The van der Waals surface area contributed by atoms with Gasteiger partial charge >= 0.3 is 29.3 Å². The van der Waals surface area contributed by atoms with E-state index in [9.17, 15) is 80.8 Å². The number of fused-ring (bicyclic) bond motifs is 1. The van der Waals surface area contributed by atoms with Gasteiger partial charge in [0, 0.05) is 30.3 Å². The highest BCUT2D eigenvalue weighted by Crippen LogP contribution is 2.46. The molecule has 14 N–H and O–H groups in total. The summed E-state index contributed by atoms with van der Waals surface area (Å²) >= 11 is 0. The number of esters is 2. The van der Waals surface area contributed by atoms with Gasteiger partial charge in [0.05, 0.1) is 17.7 Å². The summed E-state index contributed by atoms with van der Waals surface area (Å²) in [5.74, 6) is -8.42. The Balaban J connectivity index is 1.20. The van der Waals surface area contributed by atoms with Crippen LogP contribution in [0.3, 0.4) is 0 Å². The maximum atomic E-state index is 12.6. The van der Waals surface area contributed by atoms with E-state index in [0.717, 1.165) is 36.4 Å². The van der Waals surface area contributed by atoms with Gasteiger partial charge in [0.25, 0.3) is 0 Å². The van der Waals surface area contributed by atoms with E-state index in [1.807, 2.05) is 0 Å². The summed E-state index contributed by atoms with van der Waals surface area (Å²) in [5.41, 5.74) is -0.0198. The van der Waals surface area contributed by atoms with E-state index in [2.05, 4.69) is 0 Å². The standard InChI is InChI=1S/C45H48O26/c1-16-32(54)35(57)38(60)43(65-16)71-42-28(15-64-31(53)13-29(50)51)70-45(40(62)37(42)59)67-25-11-20(47)10-24-21(25)12-26(41(66-24)18-8-22(48)33(55)23(49)9-18)68-44-39(61)36(58)34(56)27(69-44)14-63-30(52)7-4-17-2-5-19(46)6-3-17/h2-12,16,27-28,32,34-40,42-45,54,56-62H,13-15H2,1H3,(H5-,46,47,48,49,50,51,52,55)/p+1/t16?,27?,28?,32-,34+,35?,36-,37+,38-,39?,40?,42+,43-,44+,45+/m0/s1. The van der Waals surface area contributed by atoms with E-state index in [4.69, 9.17) is 47.4 Å². The van der Waals surface area contributed by atoms with Crippen LogP contribution >= 0.6 is 0 Å². The lowest BCUT2D eigenvalue weighted by atomic mass is 9.97. The second-order valence-electron chi connectivity index (χ2n) is 16.5. The van der Waals surface area contributed by atoms with Gasteiger partial charge in [-0.2, -0.15) is 0 Å². The molecule has 0 radical (unpaired) electrons. The zero-order chi connectivity index (χ0) is 51.6. The number of rotatable bonds is 15. The molecule has 4 aromatic rings. The maximum Gasteiger partial charge on any atom is 0.402 e. The normalized spacial score (nSPS) is 31.0. The highest BCUT2D eigenvalue weighted by atomic mass is 16.7.